The van der Waals surface area contributed by atoms with Gasteiger partial charge in [-0.3, -0.25) is 4.79 Å². The standard InChI is InChI=1S/C14H18N2O3.ClH/c1-19-14(18)10-4-6-11(7-5-10)16-13(17)9-12-3-2-8-15-12;/h4-7,12,15H,2-3,8-9H2,1H3,(H,16,17);1H. The number of hydrogen-bond acceptors (Lipinski definition) is 4. The zero-order valence-corrected chi connectivity index (χ0v) is 12.2. The van der Waals surface area contributed by atoms with E-state index in [1.165, 1.54) is 7.11 Å². The molecule has 0 aromatic heterocycles. The van der Waals surface area contributed by atoms with Gasteiger partial charge >= 0.3 is 5.97 Å². The summed E-state index contributed by atoms with van der Waals surface area (Å²) in [6.07, 6.45) is 2.67. The number of rotatable bonds is 4. The van der Waals surface area contributed by atoms with Crippen LogP contribution in [-0.4, -0.2) is 31.6 Å². The highest BCUT2D eigenvalue weighted by Crippen LogP contribution is 2.13. The molecular formula is C14H19ClN2O3. The molecule has 1 saturated heterocycles. The van der Waals surface area contributed by atoms with Crippen LogP contribution in [0.5, 0.6) is 0 Å². The minimum atomic E-state index is -0.381. The molecule has 1 aliphatic rings. The number of amides is 1. The van der Waals surface area contributed by atoms with Crippen molar-refractivity contribution in [1.82, 2.24) is 5.32 Å². The van der Waals surface area contributed by atoms with E-state index in [0.717, 1.165) is 19.4 Å². The van der Waals surface area contributed by atoms with Crippen molar-refractivity contribution in [3.8, 4) is 0 Å². The molecular weight excluding hydrogens is 280 g/mol. The molecule has 1 atom stereocenters. The first-order valence-electron chi connectivity index (χ1n) is 6.40. The van der Waals surface area contributed by atoms with Crippen LogP contribution in [0.25, 0.3) is 0 Å². The Balaban J connectivity index is 0.00000200. The number of carbonyl (C=O) groups excluding carboxylic acids is 2. The number of methoxy groups -OCH3 is 1. The predicted octanol–water partition coefficient (Wildman–Crippen LogP) is 1.98. The summed E-state index contributed by atoms with van der Waals surface area (Å²) in [5.41, 5.74) is 1.16. The molecule has 1 aliphatic heterocycles. The van der Waals surface area contributed by atoms with Gasteiger partial charge in [-0.25, -0.2) is 4.79 Å². The van der Waals surface area contributed by atoms with Gasteiger partial charge in [0.05, 0.1) is 12.7 Å². The number of nitrogens with one attached hydrogen (secondary N) is 2. The van der Waals surface area contributed by atoms with Crippen molar-refractivity contribution >= 4 is 30.0 Å². The SMILES string of the molecule is COC(=O)c1ccc(NC(=O)CC2CCCN2)cc1.Cl. The maximum atomic E-state index is 11.8. The van der Waals surface area contributed by atoms with Crippen molar-refractivity contribution in [1.29, 1.82) is 0 Å². The third-order valence-corrected chi connectivity index (χ3v) is 3.18. The Morgan fingerprint density at radius 1 is 1.35 bits per heavy atom. The summed E-state index contributed by atoms with van der Waals surface area (Å²) < 4.78 is 4.61. The second kappa shape index (κ2) is 7.87. The van der Waals surface area contributed by atoms with Crippen LogP contribution in [0.4, 0.5) is 5.69 Å². The highest BCUT2D eigenvalue weighted by Gasteiger charge is 2.17. The highest BCUT2D eigenvalue weighted by atomic mass is 35.5. The van der Waals surface area contributed by atoms with Gasteiger partial charge in [0, 0.05) is 18.2 Å². The lowest BCUT2D eigenvalue weighted by Gasteiger charge is -2.10. The fourth-order valence-electron chi connectivity index (χ4n) is 2.17. The molecule has 5 nitrogen and oxygen atoms in total. The van der Waals surface area contributed by atoms with Gasteiger partial charge in [0.15, 0.2) is 0 Å². The third-order valence-electron chi connectivity index (χ3n) is 3.18. The molecule has 1 heterocycles. The first kappa shape index (κ1) is 16.5. The minimum absolute atomic E-state index is 0. The number of hydrogen-bond donors (Lipinski definition) is 2. The van der Waals surface area contributed by atoms with E-state index in [9.17, 15) is 9.59 Å². The van der Waals surface area contributed by atoms with Crippen LogP contribution in [0.3, 0.4) is 0 Å². The van der Waals surface area contributed by atoms with Crippen molar-refractivity contribution in [2.75, 3.05) is 19.0 Å². The van der Waals surface area contributed by atoms with Gasteiger partial charge < -0.3 is 15.4 Å². The lowest BCUT2D eigenvalue weighted by atomic mass is 10.1. The van der Waals surface area contributed by atoms with Crippen LogP contribution < -0.4 is 10.6 Å². The molecule has 0 saturated carbocycles. The van der Waals surface area contributed by atoms with E-state index in [1.54, 1.807) is 24.3 Å². The Kier molecular flexibility index (Phi) is 6.48. The summed E-state index contributed by atoms with van der Waals surface area (Å²) in [5.74, 6) is -0.391. The summed E-state index contributed by atoms with van der Waals surface area (Å²) in [4.78, 5) is 23.1. The molecule has 6 heteroatoms. The average molecular weight is 299 g/mol. The van der Waals surface area contributed by atoms with E-state index >= 15 is 0 Å². The molecule has 0 aliphatic carbocycles. The van der Waals surface area contributed by atoms with Crippen molar-refractivity contribution in [3.05, 3.63) is 29.8 Å². The van der Waals surface area contributed by atoms with E-state index in [4.69, 9.17) is 0 Å². The lowest BCUT2D eigenvalue weighted by molar-refractivity contribution is -0.116. The van der Waals surface area contributed by atoms with Gasteiger partial charge in [-0.05, 0) is 43.7 Å². The summed E-state index contributed by atoms with van der Waals surface area (Å²) in [7, 11) is 1.34. The molecule has 0 bridgehead atoms. The van der Waals surface area contributed by atoms with Crippen LogP contribution in [0.1, 0.15) is 29.6 Å². The second-order valence-corrected chi connectivity index (χ2v) is 4.61. The zero-order valence-electron chi connectivity index (χ0n) is 11.3. The van der Waals surface area contributed by atoms with E-state index in [2.05, 4.69) is 15.4 Å². The molecule has 1 amide bonds. The molecule has 2 rings (SSSR count). The number of carbonyl (C=O) groups is 2. The van der Waals surface area contributed by atoms with Crippen LogP contribution >= 0.6 is 12.4 Å². The lowest BCUT2D eigenvalue weighted by Crippen LogP contribution is -2.27. The largest absolute Gasteiger partial charge is 0.465 e. The summed E-state index contributed by atoms with van der Waals surface area (Å²) >= 11 is 0. The molecule has 2 N–H and O–H groups in total. The maximum absolute atomic E-state index is 11.8. The maximum Gasteiger partial charge on any atom is 0.337 e. The monoisotopic (exact) mass is 298 g/mol. The molecule has 1 fully saturated rings. The van der Waals surface area contributed by atoms with Gasteiger partial charge in [-0.2, -0.15) is 0 Å². The fraction of sp³-hybridized carbons (Fsp3) is 0.429. The fourth-order valence-corrected chi connectivity index (χ4v) is 2.17. The van der Waals surface area contributed by atoms with Gasteiger partial charge in [0.1, 0.15) is 0 Å². The number of esters is 1. The van der Waals surface area contributed by atoms with Gasteiger partial charge in [0.2, 0.25) is 5.91 Å². The van der Waals surface area contributed by atoms with E-state index in [0.29, 0.717) is 17.7 Å². The van der Waals surface area contributed by atoms with Crippen LogP contribution in [0.15, 0.2) is 24.3 Å². The first-order chi connectivity index (χ1) is 9.19. The van der Waals surface area contributed by atoms with E-state index < -0.39 is 0 Å². The molecule has 1 unspecified atom stereocenters. The second-order valence-electron chi connectivity index (χ2n) is 4.61. The van der Waals surface area contributed by atoms with Crippen LogP contribution in [0.2, 0.25) is 0 Å². The Morgan fingerprint density at radius 2 is 2.05 bits per heavy atom. The van der Waals surface area contributed by atoms with Crippen molar-refractivity contribution in [2.45, 2.75) is 25.3 Å². The summed E-state index contributed by atoms with van der Waals surface area (Å²) in [6.45, 7) is 0.992. The number of anilines is 1. The van der Waals surface area contributed by atoms with Crippen molar-refractivity contribution in [3.63, 3.8) is 0 Å². The van der Waals surface area contributed by atoms with E-state index in [1.807, 2.05) is 0 Å². The Morgan fingerprint density at radius 3 is 2.60 bits per heavy atom. The summed E-state index contributed by atoms with van der Waals surface area (Å²) in [5, 5.41) is 6.10. The Labute approximate surface area is 124 Å². The zero-order chi connectivity index (χ0) is 13.7. The molecule has 0 radical (unpaired) electrons. The van der Waals surface area contributed by atoms with Gasteiger partial charge in [0.25, 0.3) is 0 Å². The van der Waals surface area contributed by atoms with Gasteiger partial charge in [-0.1, -0.05) is 0 Å². The Bertz CT molecular complexity index is 456. The quantitative estimate of drug-likeness (QED) is 0.834. The molecule has 110 valence electrons. The molecule has 1 aromatic rings. The van der Waals surface area contributed by atoms with Crippen LogP contribution in [0, 0.1) is 0 Å². The van der Waals surface area contributed by atoms with E-state index in [-0.39, 0.29) is 30.3 Å². The number of benzene rings is 1. The summed E-state index contributed by atoms with van der Waals surface area (Å²) in [6, 6.07) is 6.96. The average Bonchev–Trinajstić information content (AvgIpc) is 2.91. The molecule has 20 heavy (non-hydrogen) atoms. The molecule has 0 spiro atoms. The topological polar surface area (TPSA) is 67.4 Å². The molecule has 1 aromatic carbocycles. The van der Waals surface area contributed by atoms with Crippen LogP contribution in [-0.2, 0) is 9.53 Å². The number of ether oxygens (including phenoxy) is 1. The highest BCUT2D eigenvalue weighted by molar-refractivity contribution is 5.93. The minimum Gasteiger partial charge on any atom is -0.465 e. The van der Waals surface area contributed by atoms with Crippen molar-refractivity contribution < 1.29 is 14.3 Å². The first-order valence-corrected chi connectivity index (χ1v) is 6.40. The Hall–Kier alpha value is -1.59. The third kappa shape index (κ3) is 4.51. The number of halogens is 1. The van der Waals surface area contributed by atoms with Gasteiger partial charge in [-0.15, -0.1) is 12.4 Å². The predicted molar refractivity (Wildman–Crippen MR) is 79.3 cm³/mol. The normalized spacial score (nSPS) is 17.1. The smallest absolute Gasteiger partial charge is 0.337 e. The van der Waals surface area contributed by atoms with Crippen molar-refractivity contribution in [2.24, 2.45) is 0 Å².